The zero-order valence-electron chi connectivity index (χ0n) is 14.6. The number of nitrogens with zero attached hydrogens (tertiary/aromatic N) is 1. The Kier molecular flexibility index (Phi) is 5.02. The molecule has 1 aliphatic heterocycles. The highest BCUT2D eigenvalue weighted by atomic mass is 32.1. The van der Waals surface area contributed by atoms with Crippen LogP contribution >= 0.6 is 11.3 Å². The molecule has 2 aromatic carbocycles. The number of ether oxygens (including phenoxy) is 1. The first kappa shape index (κ1) is 16.9. The van der Waals surface area contributed by atoms with E-state index in [1.807, 2.05) is 71.6 Å². The monoisotopic (exact) mass is 363 g/mol. The van der Waals surface area contributed by atoms with Gasteiger partial charge in [-0.1, -0.05) is 18.2 Å². The van der Waals surface area contributed by atoms with Gasteiger partial charge in [0.1, 0.15) is 11.5 Å². The maximum atomic E-state index is 12.6. The number of hydrogen-bond acceptors (Lipinski definition) is 3. The van der Waals surface area contributed by atoms with Crippen molar-refractivity contribution in [2.24, 2.45) is 0 Å². The predicted molar refractivity (Wildman–Crippen MR) is 106 cm³/mol. The van der Waals surface area contributed by atoms with Crippen LogP contribution in [-0.4, -0.2) is 23.9 Å². The second-order valence-corrected chi connectivity index (χ2v) is 7.54. The third kappa shape index (κ3) is 3.81. The van der Waals surface area contributed by atoms with Crippen molar-refractivity contribution in [3.63, 3.8) is 0 Å². The van der Waals surface area contributed by atoms with Gasteiger partial charge in [0.2, 0.25) is 0 Å². The number of para-hydroxylation sites is 1. The summed E-state index contributed by atoms with van der Waals surface area (Å²) in [5.74, 6) is 1.80. The van der Waals surface area contributed by atoms with Crippen LogP contribution in [0, 0.1) is 0 Å². The highest BCUT2D eigenvalue weighted by molar-refractivity contribution is 7.17. The molecule has 0 bridgehead atoms. The van der Waals surface area contributed by atoms with Gasteiger partial charge in [-0.3, -0.25) is 4.79 Å². The SMILES string of the molecule is O=C(c1ccc(-c2ccc(Oc3ccccc3)cc2)s1)N1CCCCC1. The van der Waals surface area contributed by atoms with Crippen LogP contribution in [0.2, 0.25) is 0 Å². The lowest BCUT2D eigenvalue weighted by atomic mass is 10.1. The third-order valence-electron chi connectivity index (χ3n) is 4.58. The van der Waals surface area contributed by atoms with Gasteiger partial charge in [-0.25, -0.2) is 0 Å². The fourth-order valence-corrected chi connectivity index (χ4v) is 4.15. The number of piperidine rings is 1. The molecule has 0 radical (unpaired) electrons. The van der Waals surface area contributed by atoms with E-state index in [1.54, 1.807) is 11.3 Å². The molecule has 26 heavy (non-hydrogen) atoms. The molecule has 4 rings (SSSR count). The molecular formula is C22H21NO2S. The van der Waals surface area contributed by atoms with Crippen molar-refractivity contribution in [1.29, 1.82) is 0 Å². The minimum Gasteiger partial charge on any atom is -0.457 e. The zero-order chi connectivity index (χ0) is 17.8. The molecule has 0 atom stereocenters. The Morgan fingerprint density at radius 2 is 1.50 bits per heavy atom. The van der Waals surface area contributed by atoms with E-state index in [0.29, 0.717) is 0 Å². The summed E-state index contributed by atoms with van der Waals surface area (Å²) in [6.45, 7) is 1.77. The first-order chi connectivity index (χ1) is 12.8. The zero-order valence-corrected chi connectivity index (χ0v) is 15.4. The second-order valence-electron chi connectivity index (χ2n) is 6.46. The van der Waals surface area contributed by atoms with Gasteiger partial charge in [-0.15, -0.1) is 11.3 Å². The molecule has 1 amide bonds. The molecule has 0 aliphatic carbocycles. The number of carbonyl (C=O) groups is 1. The molecule has 3 aromatic rings. The van der Waals surface area contributed by atoms with Gasteiger partial charge in [0.25, 0.3) is 5.91 Å². The number of benzene rings is 2. The van der Waals surface area contributed by atoms with E-state index in [1.165, 1.54) is 6.42 Å². The van der Waals surface area contributed by atoms with Gasteiger partial charge >= 0.3 is 0 Å². The van der Waals surface area contributed by atoms with Crippen molar-refractivity contribution in [1.82, 2.24) is 4.90 Å². The van der Waals surface area contributed by atoms with Crippen molar-refractivity contribution in [2.75, 3.05) is 13.1 Å². The standard InChI is InChI=1S/C22H21NO2S/c24-22(23-15-5-2-6-16-23)21-14-13-20(26-21)17-9-11-19(12-10-17)25-18-7-3-1-4-8-18/h1,3-4,7-14H,2,5-6,15-16H2. The molecule has 0 unspecified atom stereocenters. The summed E-state index contributed by atoms with van der Waals surface area (Å²) in [6.07, 6.45) is 3.47. The summed E-state index contributed by atoms with van der Waals surface area (Å²) in [5, 5.41) is 0. The van der Waals surface area contributed by atoms with Crippen LogP contribution < -0.4 is 4.74 Å². The van der Waals surface area contributed by atoms with E-state index in [9.17, 15) is 4.79 Å². The summed E-state index contributed by atoms with van der Waals surface area (Å²) < 4.78 is 5.83. The lowest BCUT2D eigenvalue weighted by Crippen LogP contribution is -2.35. The Hall–Kier alpha value is -2.59. The number of carbonyl (C=O) groups excluding carboxylic acids is 1. The smallest absolute Gasteiger partial charge is 0.263 e. The molecule has 3 nitrogen and oxygen atoms in total. The fraction of sp³-hybridized carbons (Fsp3) is 0.227. The summed E-state index contributed by atoms with van der Waals surface area (Å²) >= 11 is 1.57. The van der Waals surface area contributed by atoms with Crippen LogP contribution in [0.1, 0.15) is 28.9 Å². The Balaban J connectivity index is 1.46. The number of rotatable bonds is 4. The highest BCUT2D eigenvalue weighted by Gasteiger charge is 2.19. The fourth-order valence-electron chi connectivity index (χ4n) is 3.17. The van der Waals surface area contributed by atoms with Crippen molar-refractivity contribution >= 4 is 17.2 Å². The molecule has 132 valence electrons. The molecule has 2 heterocycles. The maximum Gasteiger partial charge on any atom is 0.263 e. The number of thiophene rings is 1. The quantitative estimate of drug-likeness (QED) is 0.583. The summed E-state index contributed by atoms with van der Waals surface area (Å²) in [7, 11) is 0. The topological polar surface area (TPSA) is 29.5 Å². The van der Waals surface area contributed by atoms with Crippen LogP contribution in [-0.2, 0) is 0 Å². The van der Waals surface area contributed by atoms with E-state index in [0.717, 1.165) is 52.7 Å². The van der Waals surface area contributed by atoms with Crippen molar-refractivity contribution in [2.45, 2.75) is 19.3 Å². The summed E-state index contributed by atoms with van der Waals surface area (Å²) in [5.41, 5.74) is 1.10. The minimum atomic E-state index is 0.171. The lowest BCUT2D eigenvalue weighted by Gasteiger charge is -2.26. The molecule has 1 aromatic heterocycles. The molecule has 0 saturated carbocycles. The van der Waals surface area contributed by atoms with Gasteiger partial charge in [0.05, 0.1) is 4.88 Å². The first-order valence-corrected chi connectivity index (χ1v) is 9.84. The van der Waals surface area contributed by atoms with Gasteiger partial charge in [-0.05, 0) is 73.4 Å². The van der Waals surface area contributed by atoms with Crippen LogP contribution in [0.4, 0.5) is 0 Å². The van der Waals surface area contributed by atoms with Gasteiger partial charge in [0.15, 0.2) is 0 Å². The minimum absolute atomic E-state index is 0.171. The van der Waals surface area contributed by atoms with Crippen molar-refractivity contribution in [3.05, 3.63) is 71.6 Å². The molecule has 1 fully saturated rings. The highest BCUT2D eigenvalue weighted by Crippen LogP contribution is 2.31. The number of hydrogen-bond donors (Lipinski definition) is 0. The van der Waals surface area contributed by atoms with E-state index in [-0.39, 0.29) is 5.91 Å². The molecule has 0 N–H and O–H groups in total. The average molecular weight is 363 g/mol. The number of likely N-dealkylation sites (tertiary alicyclic amines) is 1. The van der Waals surface area contributed by atoms with Gasteiger partial charge in [0, 0.05) is 18.0 Å². The van der Waals surface area contributed by atoms with Crippen molar-refractivity contribution < 1.29 is 9.53 Å². The Morgan fingerprint density at radius 1 is 0.808 bits per heavy atom. The second kappa shape index (κ2) is 7.75. The van der Waals surface area contributed by atoms with Crippen LogP contribution in [0.3, 0.4) is 0 Å². The maximum absolute atomic E-state index is 12.6. The lowest BCUT2D eigenvalue weighted by molar-refractivity contribution is 0.0729. The third-order valence-corrected chi connectivity index (χ3v) is 5.70. The first-order valence-electron chi connectivity index (χ1n) is 9.02. The van der Waals surface area contributed by atoms with Crippen molar-refractivity contribution in [3.8, 4) is 21.9 Å². The predicted octanol–water partition coefficient (Wildman–Crippen LogP) is 5.83. The Labute approximate surface area is 157 Å². The van der Waals surface area contributed by atoms with Crippen LogP contribution in [0.15, 0.2) is 66.7 Å². The largest absolute Gasteiger partial charge is 0.457 e. The molecule has 1 saturated heterocycles. The van der Waals surface area contributed by atoms with E-state index < -0.39 is 0 Å². The average Bonchev–Trinajstić information content (AvgIpc) is 3.20. The Bertz CT molecular complexity index is 865. The van der Waals surface area contributed by atoms with E-state index in [2.05, 4.69) is 0 Å². The van der Waals surface area contributed by atoms with Crippen LogP contribution in [0.25, 0.3) is 10.4 Å². The number of amides is 1. The van der Waals surface area contributed by atoms with Gasteiger partial charge in [-0.2, -0.15) is 0 Å². The summed E-state index contributed by atoms with van der Waals surface area (Å²) in [6, 6.07) is 21.8. The normalized spacial score (nSPS) is 14.2. The Morgan fingerprint density at radius 3 is 2.23 bits per heavy atom. The van der Waals surface area contributed by atoms with E-state index in [4.69, 9.17) is 4.74 Å². The molecule has 1 aliphatic rings. The molecule has 0 spiro atoms. The van der Waals surface area contributed by atoms with E-state index >= 15 is 0 Å². The molecular weight excluding hydrogens is 342 g/mol. The molecule has 4 heteroatoms. The van der Waals surface area contributed by atoms with Gasteiger partial charge < -0.3 is 9.64 Å². The summed E-state index contributed by atoms with van der Waals surface area (Å²) in [4.78, 5) is 16.5. The van der Waals surface area contributed by atoms with Crippen LogP contribution in [0.5, 0.6) is 11.5 Å².